The third kappa shape index (κ3) is 2.03. The van der Waals surface area contributed by atoms with Crippen LogP contribution in [0.25, 0.3) is 0 Å². The molecule has 96 valence electrons. The second kappa shape index (κ2) is 4.68. The zero-order valence-corrected chi connectivity index (χ0v) is 10.3. The molecular weight excluding hydrogens is 230 g/mol. The number of amidine groups is 1. The van der Waals surface area contributed by atoms with E-state index < -0.39 is 5.41 Å². The maximum Gasteiger partial charge on any atom is 0.238 e. The summed E-state index contributed by atoms with van der Waals surface area (Å²) in [5.74, 6) is -0.200. The molecule has 5 nitrogen and oxygen atoms in total. The highest BCUT2D eigenvalue weighted by Gasteiger charge is 2.48. The van der Waals surface area contributed by atoms with Gasteiger partial charge in [-0.05, 0) is 37.5 Å². The minimum atomic E-state index is -0.835. The number of aryl methyl sites for hydroxylation is 1. The van der Waals surface area contributed by atoms with E-state index in [2.05, 4.69) is 10.5 Å². The minimum absolute atomic E-state index is 0.00102. The molecule has 0 spiro atoms. The Bertz CT molecular complexity index is 493. The fraction of sp³-hybridized carbons (Fsp3) is 0.385. The van der Waals surface area contributed by atoms with Gasteiger partial charge in [-0.25, -0.2) is 0 Å². The zero-order chi connectivity index (χ0) is 13.2. The fourth-order valence-corrected chi connectivity index (χ4v) is 2.20. The highest BCUT2D eigenvalue weighted by molar-refractivity contribution is 6.12. The van der Waals surface area contributed by atoms with Crippen molar-refractivity contribution in [3.63, 3.8) is 0 Å². The lowest BCUT2D eigenvalue weighted by Gasteiger charge is -2.38. The molecule has 0 heterocycles. The highest BCUT2D eigenvalue weighted by Crippen LogP contribution is 2.42. The van der Waals surface area contributed by atoms with Crippen molar-refractivity contribution in [3.05, 3.63) is 29.8 Å². The summed E-state index contributed by atoms with van der Waals surface area (Å²) in [6, 6.07) is 7.54. The van der Waals surface area contributed by atoms with E-state index in [1.165, 1.54) is 0 Å². The first-order valence-electron chi connectivity index (χ1n) is 5.94. The molecule has 0 bridgehead atoms. The van der Waals surface area contributed by atoms with E-state index in [-0.39, 0.29) is 11.7 Å². The second-order valence-electron chi connectivity index (χ2n) is 4.74. The van der Waals surface area contributed by atoms with Gasteiger partial charge in [-0.1, -0.05) is 23.7 Å². The van der Waals surface area contributed by atoms with Crippen molar-refractivity contribution < 1.29 is 10.0 Å². The van der Waals surface area contributed by atoms with Gasteiger partial charge in [0.1, 0.15) is 5.41 Å². The molecule has 1 saturated carbocycles. The molecule has 1 aromatic carbocycles. The summed E-state index contributed by atoms with van der Waals surface area (Å²) in [6.07, 6.45) is 2.17. The Morgan fingerprint density at radius 3 is 2.72 bits per heavy atom. The Balaban J connectivity index is 2.17. The quantitative estimate of drug-likeness (QED) is 0.329. The molecule has 4 N–H and O–H groups in total. The summed E-state index contributed by atoms with van der Waals surface area (Å²) in [4.78, 5) is 12.2. The van der Waals surface area contributed by atoms with Crippen LogP contribution in [0.5, 0.6) is 0 Å². The van der Waals surface area contributed by atoms with Crippen molar-refractivity contribution in [1.82, 2.24) is 0 Å². The average Bonchev–Trinajstić information content (AvgIpc) is 2.27. The number of nitrogens with two attached hydrogens (primary N) is 1. The number of nitrogens with zero attached hydrogens (tertiary/aromatic N) is 1. The molecule has 5 heteroatoms. The summed E-state index contributed by atoms with van der Waals surface area (Å²) < 4.78 is 0. The van der Waals surface area contributed by atoms with Gasteiger partial charge < -0.3 is 16.3 Å². The Morgan fingerprint density at radius 2 is 2.22 bits per heavy atom. The first kappa shape index (κ1) is 12.4. The van der Waals surface area contributed by atoms with E-state index in [0.29, 0.717) is 12.8 Å². The molecule has 0 unspecified atom stereocenters. The number of anilines is 1. The largest absolute Gasteiger partial charge is 0.409 e. The van der Waals surface area contributed by atoms with Gasteiger partial charge in [0.25, 0.3) is 0 Å². The van der Waals surface area contributed by atoms with Crippen LogP contribution in [0.4, 0.5) is 5.69 Å². The van der Waals surface area contributed by atoms with E-state index in [1.807, 2.05) is 31.2 Å². The number of carbonyl (C=O) groups is 1. The molecule has 1 aliphatic rings. The Kier molecular flexibility index (Phi) is 3.23. The van der Waals surface area contributed by atoms with Gasteiger partial charge in [0.2, 0.25) is 5.91 Å². The molecule has 0 aromatic heterocycles. The molecule has 1 fully saturated rings. The van der Waals surface area contributed by atoms with Crippen molar-refractivity contribution in [2.24, 2.45) is 16.3 Å². The fourth-order valence-electron chi connectivity index (χ4n) is 2.20. The van der Waals surface area contributed by atoms with E-state index in [1.54, 1.807) is 0 Å². The van der Waals surface area contributed by atoms with Crippen LogP contribution in [-0.4, -0.2) is 17.0 Å². The maximum atomic E-state index is 12.2. The summed E-state index contributed by atoms with van der Waals surface area (Å²) >= 11 is 0. The number of oxime groups is 1. The van der Waals surface area contributed by atoms with Crippen LogP contribution in [0.1, 0.15) is 24.8 Å². The molecule has 0 aliphatic heterocycles. The predicted octanol–water partition coefficient (Wildman–Crippen LogP) is 1.85. The molecule has 1 amide bonds. The van der Waals surface area contributed by atoms with Crippen LogP contribution in [0.2, 0.25) is 0 Å². The first-order chi connectivity index (χ1) is 8.58. The molecule has 2 rings (SSSR count). The average molecular weight is 247 g/mol. The van der Waals surface area contributed by atoms with Crippen molar-refractivity contribution in [2.75, 3.05) is 5.32 Å². The van der Waals surface area contributed by atoms with Crippen molar-refractivity contribution in [1.29, 1.82) is 0 Å². The first-order valence-corrected chi connectivity index (χ1v) is 5.94. The van der Waals surface area contributed by atoms with E-state index >= 15 is 0 Å². The van der Waals surface area contributed by atoms with Gasteiger partial charge in [0.05, 0.1) is 0 Å². The molecule has 0 radical (unpaired) electrons. The molecule has 18 heavy (non-hydrogen) atoms. The summed E-state index contributed by atoms with van der Waals surface area (Å²) in [6.45, 7) is 1.96. The number of carbonyl (C=O) groups excluding carboxylic acids is 1. The SMILES string of the molecule is Cc1cccc(NC(=O)C2(/C(N)=N/O)CCC2)c1. The molecule has 1 aliphatic carbocycles. The number of hydrogen-bond donors (Lipinski definition) is 3. The normalized spacial score (nSPS) is 17.9. The van der Waals surface area contributed by atoms with E-state index in [4.69, 9.17) is 10.9 Å². The number of benzene rings is 1. The Morgan fingerprint density at radius 1 is 1.50 bits per heavy atom. The Hall–Kier alpha value is -2.04. The van der Waals surface area contributed by atoms with Crippen LogP contribution in [0.15, 0.2) is 29.4 Å². The van der Waals surface area contributed by atoms with Gasteiger partial charge in [-0.3, -0.25) is 4.79 Å². The van der Waals surface area contributed by atoms with Crippen molar-refractivity contribution in [2.45, 2.75) is 26.2 Å². The van der Waals surface area contributed by atoms with Crippen molar-refractivity contribution >= 4 is 17.4 Å². The zero-order valence-electron chi connectivity index (χ0n) is 10.3. The summed E-state index contributed by atoms with van der Waals surface area (Å²) in [5.41, 5.74) is 6.60. The molecular formula is C13H17N3O2. The van der Waals surface area contributed by atoms with Gasteiger partial charge >= 0.3 is 0 Å². The lowest BCUT2D eigenvalue weighted by molar-refractivity contribution is -0.125. The molecule has 1 aromatic rings. The summed E-state index contributed by atoms with van der Waals surface area (Å²) in [7, 11) is 0. The lowest BCUT2D eigenvalue weighted by atomic mass is 9.67. The lowest BCUT2D eigenvalue weighted by Crippen LogP contribution is -2.51. The predicted molar refractivity (Wildman–Crippen MR) is 69.5 cm³/mol. The van der Waals surface area contributed by atoms with E-state index in [0.717, 1.165) is 17.7 Å². The smallest absolute Gasteiger partial charge is 0.238 e. The maximum absolute atomic E-state index is 12.2. The number of hydrogen-bond acceptors (Lipinski definition) is 3. The topological polar surface area (TPSA) is 87.7 Å². The van der Waals surface area contributed by atoms with Gasteiger partial charge in [0.15, 0.2) is 5.84 Å². The standard InChI is InChI=1S/C13H17N3O2/c1-9-4-2-5-10(8-9)15-12(17)13(6-3-7-13)11(14)16-18/h2,4-5,8,18H,3,6-7H2,1H3,(H2,14,16)(H,15,17). The van der Waals surface area contributed by atoms with Crippen LogP contribution in [-0.2, 0) is 4.79 Å². The number of amides is 1. The van der Waals surface area contributed by atoms with E-state index in [9.17, 15) is 4.79 Å². The molecule has 0 atom stereocenters. The highest BCUT2D eigenvalue weighted by atomic mass is 16.4. The second-order valence-corrected chi connectivity index (χ2v) is 4.74. The monoisotopic (exact) mass is 247 g/mol. The number of nitrogens with one attached hydrogen (secondary N) is 1. The van der Waals surface area contributed by atoms with Crippen LogP contribution < -0.4 is 11.1 Å². The van der Waals surface area contributed by atoms with Crippen LogP contribution >= 0.6 is 0 Å². The minimum Gasteiger partial charge on any atom is -0.409 e. The van der Waals surface area contributed by atoms with Crippen LogP contribution in [0, 0.1) is 12.3 Å². The third-order valence-corrected chi connectivity index (χ3v) is 3.52. The third-order valence-electron chi connectivity index (χ3n) is 3.52. The summed E-state index contributed by atoms with van der Waals surface area (Å²) in [5, 5.41) is 14.6. The number of rotatable bonds is 3. The van der Waals surface area contributed by atoms with Gasteiger partial charge in [-0.2, -0.15) is 0 Å². The van der Waals surface area contributed by atoms with Gasteiger partial charge in [0, 0.05) is 5.69 Å². The van der Waals surface area contributed by atoms with Gasteiger partial charge in [-0.15, -0.1) is 0 Å². The van der Waals surface area contributed by atoms with Crippen LogP contribution in [0.3, 0.4) is 0 Å². The Labute approximate surface area is 106 Å². The van der Waals surface area contributed by atoms with Crippen molar-refractivity contribution in [3.8, 4) is 0 Å². The molecule has 0 saturated heterocycles.